The lowest BCUT2D eigenvalue weighted by Gasteiger charge is -2.15. The Bertz CT molecular complexity index is 1080. The molecule has 8 heteroatoms. The van der Waals surface area contributed by atoms with Gasteiger partial charge in [0.25, 0.3) is 11.6 Å². The number of benzene rings is 2. The van der Waals surface area contributed by atoms with Crippen LogP contribution in [0.15, 0.2) is 67.3 Å². The first-order valence-corrected chi connectivity index (χ1v) is 9.16. The maximum Gasteiger partial charge on any atom is 0.271 e. The van der Waals surface area contributed by atoms with Crippen LogP contribution in [0, 0.1) is 21.4 Å². The molecule has 0 saturated heterocycles. The lowest BCUT2D eigenvalue weighted by atomic mass is 10.0. The summed E-state index contributed by atoms with van der Waals surface area (Å²) in [4.78, 5) is 22.9. The number of allylic oxidation sites excluding steroid dienone is 1. The molecule has 0 radical (unpaired) electrons. The van der Waals surface area contributed by atoms with Gasteiger partial charge in [0.05, 0.1) is 12.0 Å². The fourth-order valence-corrected chi connectivity index (χ4v) is 2.74. The van der Waals surface area contributed by atoms with Gasteiger partial charge in [0.1, 0.15) is 18.2 Å². The monoisotopic (exact) mass is 419 g/mol. The van der Waals surface area contributed by atoms with E-state index in [9.17, 15) is 20.2 Å². The second-order valence-corrected chi connectivity index (χ2v) is 6.24. The lowest BCUT2D eigenvalue weighted by Crippen LogP contribution is -2.13. The molecule has 158 valence electrons. The van der Waals surface area contributed by atoms with Gasteiger partial charge < -0.3 is 14.8 Å². The Hall–Kier alpha value is -4.38. The number of hydrogen-bond donors (Lipinski definition) is 1. The van der Waals surface area contributed by atoms with Crippen molar-refractivity contribution in [1.29, 1.82) is 5.26 Å². The molecule has 2 rings (SSSR count). The third kappa shape index (κ3) is 6.05. The highest BCUT2D eigenvalue weighted by Crippen LogP contribution is 2.34. The predicted octanol–water partition coefficient (Wildman–Crippen LogP) is 4.44. The second kappa shape index (κ2) is 11.0. The molecule has 0 fully saturated rings. The van der Waals surface area contributed by atoms with E-state index in [-0.39, 0.29) is 23.6 Å². The van der Waals surface area contributed by atoms with Crippen LogP contribution < -0.4 is 14.8 Å². The number of nitro groups is 1. The minimum Gasteiger partial charge on any atom is -0.493 e. The molecule has 0 atom stereocenters. The van der Waals surface area contributed by atoms with Crippen LogP contribution in [0.2, 0.25) is 0 Å². The number of methoxy groups -OCH3 is 1. The Morgan fingerprint density at radius 3 is 2.68 bits per heavy atom. The number of ether oxygens (including phenoxy) is 2. The number of carbonyl (C=O) groups excluding carboxylic acids is 1. The molecule has 0 aliphatic rings. The third-order valence-electron chi connectivity index (χ3n) is 4.07. The van der Waals surface area contributed by atoms with Gasteiger partial charge in [-0.15, -0.1) is 6.58 Å². The first-order valence-electron chi connectivity index (χ1n) is 9.16. The van der Waals surface area contributed by atoms with E-state index in [4.69, 9.17) is 9.47 Å². The molecule has 0 bridgehead atoms. The zero-order chi connectivity index (χ0) is 22.8. The van der Waals surface area contributed by atoms with Gasteiger partial charge >= 0.3 is 0 Å². The molecule has 0 heterocycles. The quantitative estimate of drug-likeness (QED) is 0.200. The second-order valence-electron chi connectivity index (χ2n) is 6.24. The summed E-state index contributed by atoms with van der Waals surface area (Å²) in [5.41, 5.74) is 1.16. The fourth-order valence-electron chi connectivity index (χ4n) is 2.74. The average molecular weight is 419 g/mol. The van der Waals surface area contributed by atoms with E-state index in [0.29, 0.717) is 23.5 Å². The van der Waals surface area contributed by atoms with Crippen LogP contribution in [0.4, 0.5) is 11.4 Å². The van der Waals surface area contributed by atoms with Gasteiger partial charge in [-0.05, 0) is 36.3 Å². The van der Waals surface area contributed by atoms with E-state index in [1.165, 1.54) is 37.5 Å². The summed E-state index contributed by atoms with van der Waals surface area (Å²) in [5.74, 6) is 0.266. The SMILES string of the molecule is C=CCOc1c(CC=C)cc(/C=C(\C#N)C(=O)Nc2cccc([N+](=O)[O-])c2)cc1OC. The molecular formula is C23H21N3O5. The summed E-state index contributed by atoms with van der Waals surface area (Å²) in [7, 11) is 1.49. The summed E-state index contributed by atoms with van der Waals surface area (Å²) >= 11 is 0. The van der Waals surface area contributed by atoms with Gasteiger partial charge in [-0.1, -0.05) is 24.8 Å². The van der Waals surface area contributed by atoms with Crippen molar-refractivity contribution in [3.05, 3.63) is 88.5 Å². The zero-order valence-electron chi connectivity index (χ0n) is 17.0. The number of hydrogen-bond acceptors (Lipinski definition) is 6. The van der Waals surface area contributed by atoms with Gasteiger partial charge in [-0.2, -0.15) is 5.26 Å². The van der Waals surface area contributed by atoms with Gasteiger partial charge in [0.2, 0.25) is 0 Å². The van der Waals surface area contributed by atoms with Crippen molar-refractivity contribution in [3.8, 4) is 17.6 Å². The molecule has 0 aromatic heterocycles. The largest absolute Gasteiger partial charge is 0.493 e. The maximum atomic E-state index is 12.5. The zero-order valence-corrected chi connectivity index (χ0v) is 17.0. The molecule has 0 aliphatic carbocycles. The number of nitro benzene ring substituents is 1. The average Bonchev–Trinajstić information content (AvgIpc) is 2.76. The number of amides is 1. The Morgan fingerprint density at radius 1 is 1.29 bits per heavy atom. The summed E-state index contributed by atoms with van der Waals surface area (Å²) in [6.07, 6.45) is 5.19. The van der Waals surface area contributed by atoms with Gasteiger partial charge in [0.15, 0.2) is 11.5 Å². The number of rotatable bonds is 10. The minimum atomic E-state index is -0.695. The summed E-state index contributed by atoms with van der Waals surface area (Å²) in [6.45, 7) is 7.65. The van der Waals surface area contributed by atoms with Crippen molar-refractivity contribution in [2.45, 2.75) is 6.42 Å². The van der Waals surface area contributed by atoms with Crippen LogP contribution in [0.1, 0.15) is 11.1 Å². The van der Waals surface area contributed by atoms with E-state index in [1.807, 2.05) is 6.07 Å². The first-order chi connectivity index (χ1) is 14.9. The summed E-state index contributed by atoms with van der Waals surface area (Å²) in [5, 5.41) is 22.9. The summed E-state index contributed by atoms with van der Waals surface area (Å²) in [6, 6.07) is 10.7. The van der Waals surface area contributed by atoms with Crippen molar-refractivity contribution < 1.29 is 19.2 Å². The molecule has 1 N–H and O–H groups in total. The van der Waals surface area contributed by atoms with Crippen LogP contribution in [0.25, 0.3) is 6.08 Å². The standard InChI is InChI=1S/C23H21N3O5/c1-4-7-17-11-16(13-21(30-3)22(17)31-10-5-2)12-18(15-24)23(27)25-19-8-6-9-20(14-19)26(28)29/h4-6,8-9,11-14H,1-2,7,10H2,3H3,(H,25,27)/b18-12+. The molecule has 0 saturated carbocycles. The molecule has 1 amide bonds. The van der Waals surface area contributed by atoms with Crippen molar-refractivity contribution >= 4 is 23.4 Å². The smallest absolute Gasteiger partial charge is 0.271 e. The highest BCUT2D eigenvalue weighted by molar-refractivity contribution is 6.09. The Labute approximate surface area is 179 Å². The van der Waals surface area contributed by atoms with E-state index in [2.05, 4.69) is 18.5 Å². The first kappa shape index (κ1) is 22.9. The number of nitrogens with zero attached hydrogens (tertiary/aromatic N) is 2. The van der Waals surface area contributed by atoms with Crippen molar-refractivity contribution in [1.82, 2.24) is 0 Å². The minimum absolute atomic E-state index is 0.172. The van der Waals surface area contributed by atoms with Crippen LogP contribution in [0.5, 0.6) is 11.5 Å². The van der Waals surface area contributed by atoms with Crippen LogP contribution >= 0.6 is 0 Å². The van der Waals surface area contributed by atoms with Gasteiger partial charge in [-0.25, -0.2) is 0 Å². The topological polar surface area (TPSA) is 114 Å². The number of nitriles is 1. The molecule has 0 unspecified atom stereocenters. The molecule has 2 aromatic carbocycles. The van der Waals surface area contributed by atoms with Crippen LogP contribution in [-0.4, -0.2) is 24.5 Å². The lowest BCUT2D eigenvalue weighted by molar-refractivity contribution is -0.384. The number of carbonyl (C=O) groups is 1. The summed E-state index contributed by atoms with van der Waals surface area (Å²) < 4.78 is 11.1. The third-order valence-corrected chi connectivity index (χ3v) is 4.07. The molecule has 31 heavy (non-hydrogen) atoms. The molecule has 2 aromatic rings. The molecule has 0 aliphatic heterocycles. The molecule has 8 nitrogen and oxygen atoms in total. The highest BCUT2D eigenvalue weighted by Gasteiger charge is 2.15. The molecule has 0 spiro atoms. The van der Waals surface area contributed by atoms with Gasteiger partial charge in [-0.3, -0.25) is 14.9 Å². The van der Waals surface area contributed by atoms with Crippen LogP contribution in [0.3, 0.4) is 0 Å². The molecular weight excluding hydrogens is 398 g/mol. The normalized spacial score (nSPS) is 10.5. The van der Waals surface area contributed by atoms with E-state index >= 15 is 0 Å². The van der Waals surface area contributed by atoms with Crippen molar-refractivity contribution in [2.75, 3.05) is 19.0 Å². The maximum absolute atomic E-state index is 12.5. The van der Waals surface area contributed by atoms with Gasteiger partial charge in [0, 0.05) is 23.4 Å². The van der Waals surface area contributed by atoms with E-state index in [1.54, 1.807) is 24.3 Å². The Balaban J connectivity index is 2.39. The fraction of sp³-hybridized carbons (Fsp3) is 0.130. The number of nitrogens with one attached hydrogen (secondary N) is 1. The van der Waals surface area contributed by atoms with Crippen LogP contribution in [-0.2, 0) is 11.2 Å². The Morgan fingerprint density at radius 2 is 2.06 bits per heavy atom. The highest BCUT2D eigenvalue weighted by atomic mass is 16.6. The van der Waals surface area contributed by atoms with Crippen molar-refractivity contribution in [3.63, 3.8) is 0 Å². The number of anilines is 1. The van der Waals surface area contributed by atoms with E-state index in [0.717, 1.165) is 5.56 Å². The predicted molar refractivity (Wildman–Crippen MR) is 118 cm³/mol. The number of non-ortho nitro benzene ring substituents is 1. The van der Waals surface area contributed by atoms with Crippen molar-refractivity contribution in [2.24, 2.45) is 0 Å². The van der Waals surface area contributed by atoms with E-state index < -0.39 is 10.8 Å². The Kier molecular flexibility index (Phi) is 8.11.